The summed E-state index contributed by atoms with van der Waals surface area (Å²) in [7, 11) is 3.15. The summed E-state index contributed by atoms with van der Waals surface area (Å²) in [6.45, 7) is 2.39. The number of hydrogen-bond donors (Lipinski definition) is 1. The summed E-state index contributed by atoms with van der Waals surface area (Å²) < 4.78 is 25.7. The number of ether oxygens (including phenoxy) is 2. The molecule has 0 unspecified atom stereocenters. The largest absolute Gasteiger partial charge is 0.493 e. The van der Waals surface area contributed by atoms with Crippen LogP contribution in [-0.2, 0) is 11.3 Å². The molecule has 8 heteroatoms. The fraction of sp³-hybridized carbons (Fsp3) is 0.167. The van der Waals surface area contributed by atoms with E-state index < -0.39 is 0 Å². The first kappa shape index (κ1) is 21.6. The molecule has 1 N–H and O–H groups in total. The molecule has 0 radical (unpaired) electrons. The van der Waals surface area contributed by atoms with Crippen LogP contribution in [-0.4, -0.2) is 29.5 Å². The molecule has 0 aliphatic carbocycles. The van der Waals surface area contributed by atoms with Crippen LogP contribution in [0.2, 0.25) is 0 Å². The number of carbonyl (C=O) groups excluding carboxylic acids is 1. The smallest absolute Gasteiger partial charge is 0.244 e. The Hall–Kier alpha value is -3.65. The van der Waals surface area contributed by atoms with Gasteiger partial charge in [0.15, 0.2) is 16.5 Å². The molecule has 6 nitrogen and oxygen atoms in total. The third kappa shape index (κ3) is 4.50. The van der Waals surface area contributed by atoms with Gasteiger partial charge in [-0.25, -0.2) is 9.37 Å². The van der Waals surface area contributed by atoms with Gasteiger partial charge in [0.2, 0.25) is 5.91 Å². The normalized spacial score (nSPS) is 11.2. The second-order valence-electron chi connectivity index (χ2n) is 7.06. The minimum Gasteiger partial charge on any atom is -0.493 e. The van der Waals surface area contributed by atoms with Crippen molar-refractivity contribution in [2.75, 3.05) is 14.2 Å². The Morgan fingerprint density at radius 3 is 2.59 bits per heavy atom. The lowest BCUT2D eigenvalue weighted by Crippen LogP contribution is -2.20. The van der Waals surface area contributed by atoms with E-state index in [-0.39, 0.29) is 11.7 Å². The molecule has 0 bridgehead atoms. The Labute approximate surface area is 188 Å². The molecule has 0 aliphatic rings. The summed E-state index contributed by atoms with van der Waals surface area (Å²) in [5, 5.41) is 2.91. The van der Waals surface area contributed by atoms with E-state index >= 15 is 0 Å². The number of carbonyl (C=O) groups is 1. The maximum absolute atomic E-state index is 13.2. The van der Waals surface area contributed by atoms with E-state index in [1.54, 1.807) is 44.6 Å². The zero-order valence-electron chi connectivity index (χ0n) is 17.9. The van der Waals surface area contributed by atoms with Crippen LogP contribution in [0, 0.1) is 12.7 Å². The predicted molar refractivity (Wildman–Crippen MR) is 124 cm³/mol. The van der Waals surface area contributed by atoms with Crippen LogP contribution in [0.1, 0.15) is 16.1 Å². The van der Waals surface area contributed by atoms with E-state index in [0.29, 0.717) is 18.0 Å². The van der Waals surface area contributed by atoms with Gasteiger partial charge < -0.3 is 14.8 Å². The average molecular weight is 452 g/mol. The molecule has 0 saturated carbocycles. The van der Waals surface area contributed by atoms with Gasteiger partial charge in [-0.15, -0.1) is 0 Å². The van der Waals surface area contributed by atoms with Gasteiger partial charge >= 0.3 is 0 Å². The van der Waals surface area contributed by atoms with Crippen LogP contribution in [0.4, 0.5) is 4.39 Å². The molecule has 2 heterocycles. The summed E-state index contributed by atoms with van der Waals surface area (Å²) >= 11 is 1.52. The van der Waals surface area contributed by atoms with Crippen molar-refractivity contribution >= 4 is 28.3 Å². The minimum absolute atomic E-state index is 0.197. The molecule has 164 valence electrons. The fourth-order valence-corrected chi connectivity index (χ4v) is 4.32. The van der Waals surface area contributed by atoms with Crippen molar-refractivity contribution in [3.8, 4) is 22.8 Å². The first-order chi connectivity index (χ1) is 15.5. The monoisotopic (exact) mass is 451 g/mol. The highest BCUT2D eigenvalue weighted by molar-refractivity contribution is 7.17. The Kier molecular flexibility index (Phi) is 6.23. The Morgan fingerprint density at radius 1 is 1.16 bits per heavy atom. The van der Waals surface area contributed by atoms with Crippen molar-refractivity contribution in [2.45, 2.75) is 13.5 Å². The van der Waals surface area contributed by atoms with Gasteiger partial charge in [0.05, 0.1) is 26.5 Å². The summed E-state index contributed by atoms with van der Waals surface area (Å²) in [4.78, 5) is 18.8. The molecule has 4 aromatic rings. The maximum atomic E-state index is 13.2. The van der Waals surface area contributed by atoms with Gasteiger partial charge in [-0.2, -0.15) is 0 Å². The van der Waals surface area contributed by atoms with Crippen molar-refractivity contribution in [3.63, 3.8) is 0 Å². The van der Waals surface area contributed by atoms with Crippen molar-refractivity contribution in [3.05, 3.63) is 76.7 Å². The molecule has 32 heavy (non-hydrogen) atoms. The summed E-state index contributed by atoms with van der Waals surface area (Å²) in [6, 6.07) is 11.7. The molecule has 2 aromatic carbocycles. The van der Waals surface area contributed by atoms with E-state index in [1.807, 2.05) is 23.6 Å². The molecule has 0 aliphatic heterocycles. The first-order valence-corrected chi connectivity index (χ1v) is 10.7. The third-order valence-corrected chi connectivity index (χ3v) is 6.21. The third-order valence-electron chi connectivity index (χ3n) is 5.05. The maximum Gasteiger partial charge on any atom is 0.244 e. The highest BCUT2D eigenvalue weighted by Crippen LogP contribution is 2.28. The standard InChI is InChI=1S/C24H22FN3O3S/c1-15-22(32-24-27-19(14-28(15)24)17-6-8-18(25)9-7-17)13-26-23(29)11-5-16-4-10-20(30-2)21(12-16)31-3/h4-12,14H,13H2,1-3H3,(H,26,29). The number of fused-ring (bicyclic) bond motifs is 1. The van der Waals surface area contributed by atoms with Gasteiger partial charge in [0.1, 0.15) is 5.82 Å². The van der Waals surface area contributed by atoms with E-state index in [1.165, 1.54) is 29.5 Å². The Balaban J connectivity index is 1.42. The zero-order valence-corrected chi connectivity index (χ0v) is 18.7. The SMILES string of the molecule is COc1ccc(C=CC(=O)NCc2sc3nc(-c4ccc(F)cc4)cn3c2C)cc1OC. The average Bonchev–Trinajstić information content (AvgIpc) is 3.35. The fourth-order valence-electron chi connectivity index (χ4n) is 3.27. The predicted octanol–water partition coefficient (Wildman–Crippen LogP) is 4.86. The molecular formula is C24H22FN3O3S. The quantitative estimate of drug-likeness (QED) is 0.408. The molecule has 0 spiro atoms. The van der Waals surface area contributed by atoms with Crippen LogP contribution in [0.3, 0.4) is 0 Å². The van der Waals surface area contributed by atoms with Gasteiger partial charge in [0, 0.05) is 28.4 Å². The number of thiazole rings is 1. The van der Waals surface area contributed by atoms with Crippen LogP contribution >= 0.6 is 11.3 Å². The molecular weight excluding hydrogens is 429 g/mol. The number of methoxy groups -OCH3 is 2. The minimum atomic E-state index is -0.274. The van der Waals surface area contributed by atoms with Crippen molar-refractivity contribution in [2.24, 2.45) is 0 Å². The molecule has 0 atom stereocenters. The van der Waals surface area contributed by atoms with Crippen molar-refractivity contribution in [1.82, 2.24) is 14.7 Å². The van der Waals surface area contributed by atoms with Gasteiger partial charge in [-0.1, -0.05) is 17.4 Å². The van der Waals surface area contributed by atoms with Crippen LogP contribution in [0.5, 0.6) is 11.5 Å². The number of amides is 1. The molecule has 2 aromatic heterocycles. The Morgan fingerprint density at radius 2 is 1.91 bits per heavy atom. The van der Waals surface area contributed by atoms with Crippen molar-refractivity contribution in [1.29, 1.82) is 0 Å². The molecule has 0 saturated heterocycles. The number of imidazole rings is 1. The molecule has 0 fully saturated rings. The number of aromatic nitrogens is 2. The van der Waals surface area contributed by atoms with Gasteiger partial charge in [-0.3, -0.25) is 9.20 Å². The number of nitrogens with one attached hydrogen (secondary N) is 1. The second-order valence-corrected chi connectivity index (χ2v) is 8.12. The number of hydrogen-bond acceptors (Lipinski definition) is 5. The van der Waals surface area contributed by atoms with E-state index in [2.05, 4.69) is 10.3 Å². The molecule has 4 rings (SSSR count). The first-order valence-electron chi connectivity index (χ1n) is 9.89. The van der Waals surface area contributed by atoms with Crippen LogP contribution in [0.15, 0.2) is 54.7 Å². The topological polar surface area (TPSA) is 64.9 Å². The second kappa shape index (κ2) is 9.23. The van der Waals surface area contributed by atoms with Crippen molar-refractivity contribution < 1.29 is 18.7 Å². The number of rotatable bonds is 7. The summed E-state index contributed by atoms with van der Waals surface area (Å²) in [5.74, 6) is 0.767. The Bertz CT molecular complexity index is 1290. The van der Waals surface area contributed by atoms with E-state index in [4.69, 9.17) is 9.47 Å². The lowest BCUT2D eigenvalue weighted by molar-refractivity contribution is -0.116. The van der Waals surface area contributed by atoms with Crippen LogP contribution < -0.4 is 14.8 Å². The van der Waals surface area contributed by atoms with Gasteiger partial charge in [-0.05, 0) is 55.0 Å². The highest BCUT2D eigenvalue weighted by Gasteiger charge is 2.13. The van der Waals surface area contributed by atoms with E-state index in [9.17, 15) is 9.18 Å². The van der Waals surface area contributed by atoms with Gasteiger partial charge in [0.25, 0.3) is 0 Å². The summed E-state index contributed by atoms with van der Waals surface area (Å²) in [5.41, 5.74) is 3.48. The highest BCUT2D eigenvalue weighted by atomic mass is 32.1. The number of aryl methyl sites for hydroxylation is 1. The lowest BCUT2D eigenvalue weighted by atomic mass is 10.2. The molecule has 1 amide bonds. The van der Waals surface area contributed by atoms with E-state index in [0.717, 1.165) is 32.4 Å². The number of halogens is 1. The number of nitrogens with zero attached hydrogens (tertiary/aromatic N) is 2. The number of benzene rings is 2. The van der Waals surface area contributed by atoms with Crippen LogP contribution in [0.25, 0.3) is 22.3 Å². The zero-order chi connectivity index (χ0) is 22.7. The lowest BCUT2D eigenvalue weighted by Gasteiger charge is -2.07. The summed E-state index contributed by atoms with van der Waals surface area (Å²) in [6.07, 6.45) is 5.14.